The Morgan fingerprint density at radius 1 is 1.20 bits per heavy atom. The average Bonchev–Trinajstić information content (AvgIpc) is 2.67. The van der Waals surface area contributed by atoms with Gasteiger partial charge in [0, 0.05) is 32.4 Å². The highest BCUT2D eigenvalue weighted by Crippen LogP contribution is 2.38. The molecule has 2 heterocycles. The van der Waals surface area contributed by atoms with Crippen LogP contribution in [0, 0.1) is 5.92 Å². The van der Waals surface area contributed by atoms with Crippen LogP contribution < -0.4 is 4.74 Å². The molecule has 10 heteroatoms. The summed E-state index contributed by atoms with van der Waals surface area (Å²) in [6.07, 6.45) is -2.79. The molecule has 1 aromatic rings. The minimum atomic E-state index is -5.08. The fourth-order valence-electron chi connectivity index (χ4n) is 3.88. The van der Waals surface area contributed by atoms with Crippen LogP contribution >= 0.6 is 0 Å². The van der Waals surface area contributed by atoms with Gasteiger partial charge in [0.1, 0.15) is 5.75 Å². The molecule has 0 radical (unpaired) electrons. The molecule has 1 N–H and O–H groups in total. The van der Waals surface area contributed by atoms with Crippen molar-refractivity contribution in [3.63, 3.8) is 0 Å². The smallest absolute Gasteiger partial charge is 0.490 e. The zero-order valence-corrected chi connectivity index (χ0v) is 17.2. The van der Waals surface area contributed by atoms with E-state index < -0.39 is 12.1 Å². The Morgan fingerprint density at radius 3 is 2.23 bits per heavy atom. The highest BCUT2D eigenvalue weighted by atomic mass is 19.4. The summed E-state index contributed by atoms with van der Waals surface area (Å²) in [7, 11) is 5.58. The number of carbonyl (C=O) groups is 2. The van der Waals surface area contributed by atoms with E-state index in [2.05, 4.69) is 11.9 Å². The molecule has 2 fully saturated rings. The number of halogens is 3. The summed E-state index contributed by atoms with van der Waals surface area (Å²) in [6.45, 7) is 3.53. The van der Waals surface area contributed by atoms with Crippen molar-refractivity contribution in [1.29, 1.82) is 0 Å². The molecule has 7 nitrogen and oxygen atoms in total. The van der Waals surface area contributed by atoms with Crippen LogP contribution in [-0.2, 0) is 9.53 Å². The molecule has 0 aliphatic carbocycles. The van der Waals surface area contributed by atoms with Gasteiger partial charge in [-0.1, -0.05) is 0 Å². The predicted molar refractivity (Wildman–Crippen MR) is 103 cm³/mol. The Balaban J connectivity index is 0.000000396. The number of carbonyl (C=O) groups excluding carboxylic acids is 1. The highest BCUT2D eigenvalue weighted by molar-refractivity contribution is 5.95. The van der Waals surface area contributed by atoms with Gasteiger partial charge in [0.05, 0.1) is 12.6 Å². The maximum Gasteiger partial charge on any atom is 0.490 e. The Hall–Kier alpha value is -2.33. The highest BCUT2D eigenvalue weighted by Gasteiger charge is 2.50. The second kappa shape index (κ2) is 9.65. The molecule has 3 rings (SSSR count). The first-order valence-electron chi connectivity index (χ1n) is 9.46. The average molecular weight is 432 g/mol. The van der Waals surface area contributed by atoms with Crippen molar-refractivity contribution in [1.82, 2.24) is 9.80 Å². The summed E-state index contributed by atoms with van der Waals surface area (Å²) in [5.41, 5.74) is 0.872. The number of hydrogen-bond donors (Lipinski definition) is 1. The van der Waals surface area contributed by atoms with Crippen LogP contribution in [0.25, 0.3) is 0 Å². The van der Waals surface area contributed by atoms with Crippen molar-refractivity contribution in [2.24, 2.45) is 5.92 Å². The van der Waals surface area contributed by atoms with Gasteiger partial charge in [-0.05, 0) is 56.6 Å². The standard InChI is InChI=1S/C18H26N2O3.C2HF3O2/c1-19-9-8-14(11-22-2)10-18(19)12-20(13-18)17(21)15-4-6-16(23-3)7-5-15;3-2(4,5)1(6)7/h4-7,14H,8-13H2,1-3H3;(H,6,7). The minimum Gasteiger partial charge on any atom is -0.497 e. The van der Waals surface area contributed by atoms with Gasteiger partial charge in [-0.2, -0.15) is 13.2 Å². The lowest BCUT2D eigenvalue weighted by Crippen LogP contribution is -2.72. The summed E-state index contributed by atoms with van der Waals surface area (Å²) in [5, 5.41) is 7.12. The molecule has 1 amide bonds. The number of amides is 1. The Labute approximate surface area is 173 Å². The number of likely N-dealkylation sites (tertiary alicyclic amines) is 2. The summed E-state index contributed by atoms with van der Waals surface area (Å²) in [6, 6.07) is 7.35. The number of ether oxygens (including phenoxy) is 2. The SMILES string of the molecule is COCC1CCN(C)C2(C1)CN(C(=O)c1ccc(OC)cc1)C2.O=C(O)C(F)(F)F. The zero-order chi connectivity index (χ0) is 22.5. The fraction of sp³-hybridized carbons (Fsp3) is 0.600. The lowest BCUT2D eigenvalue weighted by Gasteiger charge is -2.58. The quantitative estimate of drug-likeness (QED) is 0.788. The first-order valence-corrected chi connectivity index (χ1v) is 9.46. The number of hydrogen-bond acceptors (Lipinski definition) is 5. The van der Waals surface area contributed by atoms with E-state index in [0.29, 0.717) is 5.92 Å². The predicted octanol–water partition coefficient (Wildman–Crippen LogP) is 2.51. The monoisotopic (exact) mass is 432 g/mol. The van der Waals surface area contributed by atoms with E-state index in [4.69, 9.17) is 19.4 Å². The third-order valence-corrected chi connectivity index (χ3v) is 5.59. The maximum atomic E-state index is 12.6. The van der Waals surface area contributed by atoms with Crippen LogP contribution in [0.15, 0.2) is 24.3 Å². The van der Waals surface area contributed by atoms with Gasteiger partial charge in [-0.25, -0.2) is 4.79 Å². The number of nitrogens with zero attached hydrogens (tertiary/aromatic N) is 2. The molecule has 1 spiro atoms. The normalized spacial score (nSPS) is 20.7. The minimum absolute atomic E-state index is 0.112. The van der Waals surface area contributed by atoms with E-state index in [0.717, 1.165) is 44.0 Å². The molecule has 2 saturated heterocycles. The number of rotatable bonds is 4. The molecule has 1 aromatic carbocycles. The van der Waals surface area contributed by atoms with E-state index in [1.807, 2.05) is 29.2 Å². The van der Waals surface area contributed by atoms with Crippen molar-refractivity contribution >= 4 is 11.9 Å². The molecular formula is C20H27F3N2O5. The number of carboxylic acids is 1. The maximum absolute atomic E-state index is 12.6. The number of piperidine rings is 1. The van der Waals surface area contributed by atoms with Gasteiger partial charge in [0.25, 0.3) is 5.91 Å². The largest absolute Gasteiger partial charge is 0.497 e. The third kappa shape index (κ3) is 5.63. The second-order valence-corrected chi connectivity index (χ2v) is 7.65. The van der Waals surface area contributed by atoms with Gasteiger partial charge in [0.2, 0.25) is 0 Å². The number of carboxylic acid groups (broad SMARTS) is 1. The van der Waals surface area contributed by atoms with Crippen LogP contribution in [0.5, 0.6) is 5.75 Å². The summed E-state index contributed by atoms with van der Waals surface area (Å²) < 4.78 is 42.2. The van der Waals surface area contributed by atoms with Gasteiger partial charge >= 0.3 is 12.1 Å². The molecule has 0 saturated carbocycles. The molecule has 0 aromatic heterocycles. The number of aliphatic carboxylic acids is 1. The van der Waals surface area contributed by atoms with Crippen molar-refractivity contribution in [3.05, 3.63) is 29.8 Å². The van der Waals surface area contributed by atoms with Gasteiger partial charge in [0.15, 0.2) is 0 Å². The summed E-state index contributed by atoms with van der Waals surface area (Å²) in [5.74, 6) is -1.27. The number of alkyl halides is 3. The van der Waals surface area contributed by atoms with E-state index in [-0.39, 0.29) is 11.4 Å². The summed E-state index contributed by atoms with van der Waals surface area (Å²) in [4.78, 5) is 25.9. The Kier molecular flexibility index (Phi) is 7.70. The molecule has 1 atom stereocenters. The zero-order valence-electron chi connectivity index (χ0n) is 17.2. The van der Waals surface area contributed by atoms with Crippen LogP contribution in [0.1, 0.15) is 23.2 Å². The molecule has 0 bridgehead atoms. The van der Waals surface area contributed by atoms with E-state index in [1.54, 1.807) is 14.2 Å². The molecule has 168 valence electrons. The van der Waals surface area contributed by atoms with Gasteiger partial charge in [-0.15, -0.1) is 0 Å². The lowest BCUT2D eigenvalue weighted by molar-refractivity contribution is -0.192. The van der Waals surface area contributed by atoms with Crippen LogP contribution in [-0.4, -0.2) is 86.0 Å². The van der Waals surface area contributed by atoms with Gasteiger partial charge < -0.3 is 19.5 Å². The molecule has 2 aliphatic heterocycles. The first kappa shape index (κ1) is 23.9. The number of benzene rings is 1. The number of likely N-dealkylation sites (N-methyl/N-ethyl adjacent to an activating group) is 1. The molecule has 1 unspecified atom stereocenters. The number of methoxy groups -OCH3 is 2. The topological polar surface area (TPSA) is 79.3 Å². The Bertz CT molecular complexity index is 733. The van der Waals surface area contributed by atoms with Crippen LogP contribution in [0.3, 0.4) is 0 Å². The Morgan fingerprint density at radius 2 is 1.77 bits per heavy atom. The van der Waals surface area contributed by atoms with Crippen LogP contribution in [0.4, 0.5) is 13.2 Å². The second-order valence-electron chi connectivity index (χ2n) is 7.65. The first-order chi connectivity index (χ1) is 14.0. The van der Waals surface area contributed by atoms with E-state index in [9.17, 15) is 18.0 Å². The summed E-state index contributed by atoms with van der Waals surface area (Å²) >= 11 is 0. The molecular weight excluding hydrogens is 405 g/mol. The van der Waals surface area contributed by atoms with E-state index in [1.165, 1.54) is 6.42 Å². The fourth-order valence-corrected chi connectivity index (χ4v) is 3.88. The van der Waals surface area contributed by atoms with Gasteiger partial charge in [-0.3, -0.25) is 9.69 Å². The van der Waals surface area contributed by atoms with Crippen molar-refractivity contribution < 1.29 is 37.3 Å². The molecule has 30 heavy (non-hydrogen) atoms. The van der Waals surface area contributed by atoms with Crippen molar-refractivity contribution in [2.75, 3.05) is 47.5 Å². The third-order valence-electron chi connectivity index (χ3n) is 5.59. The van der Waals surface area contributed by atoms with Crippen molar-refractivity contribution in [3.8, 4) is 5.75 Å². The van der Waals surface area contributed by atoms with E-state index >= 15 is 0 Å². The van der Waals surface area contributed by atoms with Crippen LogP contribution in [0.2, 0.25) is 0 Å². The van der Waals surface area contributed by atoms with Crippen molar-refractivity contribution in [2.45, 2.75) is 24.6 Å². The molecule has 2 aliphatic rings. The lowest BCUT2D eigenvalue weighted by atomic mass is 9.75.